The monoisotopic (exact) mass is 379 g/mol. The number of nitrogens with one attached hydrogen (secondary N) is 1. The topological polar surface area (TPSA) is 116 Å². The number of hydrogen-bond acceptors (Lipinski definition) is 6. The van der Waals surface area contributed by atoms with E-state index in [2.05, 4.69) is 10.5 Å². The maximum atomic E-state index is 12.3. The van der Waals surface area contributed by atoms with Crippen LogP contribution in [0.5, 0.6) is 0 Å². The minimum atomic E-state index is -1.25. The van der Waals surface area contributed by atoms with Crippen LogP contribution in [0.2, 0.25) is 0 Å². The molecule has 0 radical (unpaired) electrons. The first-order valence-corrected chi connectivity index (χ1v) is 8.77. The Morgan fingerprint density at radius 1 is 1.19 bits per heavy atom. The number of aromatic nitrogens is 1. The van der Waals surface area contributed by atoms with E-state index in [-0.39, 0.29) is 22.5 Å². The van der Waals surface area contributed by atoms with E-state index in [1.54, 1.807) is 0 Å². The zero-order chi connectivity index (χ0) is 19.2. The van der Waals surface area contributed by atoms with Crippen molar-refractivity contribution >= 4 is 29.3 Å². The Morgan fingerprint density at radius 2 is 1.96 bits per heavy atom. The lowest BCUT2D eigenvalue weighted by atomic mass is 10.1. The van der Waals surface area contributed by atoms with E-state index in [1.807, 2.05) is 36.4 Å². The van der Waals surface area contributed by atoms with Crippen molar-refractivity contribution in [2.45, 2.75) is 10.8 Å². The van der Waals surface area contributed by atoms with Crippen LogP contribution in [0.3, 0.4) is 0 Å². The second-order valence-electron chi connectivity index (χ2n) is 5.44. The maximum absolute atomic E-state index is 12.3. The van der Waals surface area contributed by atoms with Gasteiger partial charge in [0.1, 0.15) is 0 Å². The Morgan fingerprint density at radius 3 is 2.67 bits per heavy atom. The van der Waals surface area contributed by atoms with Crippen molar-refractivity contribution in [3.8, 4) is 6.07 Å². The first kappa shape index (κ1) is 18.2. The van der Waals surface area contributed by atoms with Gasteiger partial charge >= 0.3 is 5.97 Å². The third-order valence-corrected chi connectivity index (χ3v) is 4.53. The summed E-state index contributed by atoms with van der Waals surface area (Å²) in [5.41, 5.74) is 1.23. The summed E-state index contributed by atoms with van der Waals surface area (Å²) in [6.07, 6.45) is 0. The summed E-state index contributed by atoms with van der Waals surface area (Å²) in [4.78, 5) is 23.7. The van der Waals surface area contributed by atoms with Crippen molar-refractivity contribution in [3.05, 3.63) is 77.0 Å². The molecule has 8 heteroatoms. The van der Waals surface area contributed by atoms with Crippen LogP contribution in [0.1, 0.15) is 32.0 Å². The molecule has 0 unspecified atom stereocenters. The van der Waals surface area contributed by atoms with Gasteiger partial charge in [0.05, 0.1) is 22.9 Å². The molecular weight excluding hydrogens is 366 g/mol. The number of anilines is 1. The molecule has 1 heterocycles. The van der Waals surface area contributed by atoms with Gasteiger partial charge in [-0.2, -0.15) is 5.26 Å². The van der Waals surface area contributed by atoms with Crippen molar-refractivity contribution in [1.82, 2.24) is 5.16 Å². The number of carbonyl (C=O) groups excluding carboxylic acids is 1. The van der Waals surface area contributed by atoms with Gasteiger partial charge in [-0.05, 0) is 23.8 Å². The smallest absolute Gasteiger partial charge is 0.337 e. The third kappa shape index (κ3) is 4.54. The van der Waals surface area contributed by atoms with E-state index in [0.29, 0.717) is 10.8 Å². The number of aromatic carboxylic acids is 1. The lowest BCUT2D eigenvalue weighted by molar-refractivity contribution is 0.0698. The second-order valence-corrected chi connectivity index (χ2v) is 6.42. The van der Waals surface area contributed by atoms with Crippen LogP contribution in [0.25, 0.3) is 0 Å². The van der Waals surface area contributed by atoms with E-state index >= 15 is 0 Å². The number of carboxylic acids is 1. The summed E-state index contributed by atoms with van der Waals surface area (Å²) < 4.78 is 5.15. The predicted molar refractivity (Wildman–Crippen MR) is 98.6 cm³/mol. The molecule has 0 saturated carbocycles. The average molecular weight is 379 g/mol. The van der Waals surface area contributed by atoms with Crippen molar-refractivity contribution < 1.29 is 19.2 Å². The zero-order valence-corrected chi connectivity index (χ0v) is 14.7. The lowest BCUT2D eigenvalue weighted by Crippen LogP contribution is -2.15. The SMILES string of the molecule is N#Cc1ccc(NC(=O)c2cc(SCc3ccccc3)on2)c(C(=O)O)c1. The molecule has 2 N–H and O–H groups in total. The number of amides is 1. The Hall–Kier alpha value is -3.57. The van der Waals surface area contributed by atoms with Crippen molar-refractivity contribution in [1.29, 1.82) is 5.26 Å². The van der Waals surface area contributed by atoms with E-state index < -0.39 is 11.9 Å². The van der Waals surface area contributed by atoms with Gasteiger partial charge in [-0.3, -0.25) is 4.79 Å². The van der Waals surface area contributed by atoms with E-state index in [4.69, 9.17) is 9.78 Å². The van der Waals surface area contributed by atoms with Gasteiger partial charge in [0.15, 0.2) is 10.8 Å². The van der Waals surface area contributed by atoms with Gasteiger partial charge in [0, 0.05) is 11.8 Å². The number of benzene rings is 2. The van der Waals surface area contributed by atoms with E-state index in [0.717, 1.165) is 5.56 Å². The molecule has 27 heavy (non-hydrogen) atoms. The lowest BCUT2D eigenvalue weighted by Gasteiger charge is -2.07. The summed E-state index contributed by atoms with van der Waals surface area (Å²) in [5.74, 6) is -1.19. The summed E-state index contributed by atoms with van der Waals surface area (Å²) in [6, 6.07) is 17.1. The van der Waals surface area contributed by atoms with Crippen molar-refractivity contribution in [2.75, 3.05) is 5.32 Å². The molecule has 1 aromatic heterocycles. The molecule has 7 nitrogen and oxygen atoms in total. The van der Waals surface area contributed by atoms with Crippen LogP contribution >= 0.6 is 11.8 Å². The van der Waals surface area contributed by atoms with Gasteiger partial charge in [0.2, 0.25) is 0 Å². The van der Waals surface area contributed by atoms with Crippen LogP contribution in [0.15, 0.2) is 64.2 Å². The van der Waals surface area contributed by atoms with Gasteiger partial charge in [0.25, 0.3) is 5.91 Å². The number of nitriles is 1. The van der Waals surface area contributed by atoms with Gasteiger partial charge < -0.3 is 14.9 Å². The molecule has 134 valence electrons. The molecule has 2 aromatic carbocycles. The maximum Gasteiger partial charge on any atom is 0.337 e. The molecule has 3 rings (SSSR count). The number of nitrogens with zero attached hydrogens (tertiary/aromatic N) is 2. The van der Waals surface area contributed by atoms with Crippen LogP contribution in [0.4, 0.5) is 5.69 Å². The van der Waals surface area contributed by atoms with Crippen LogP contribution in [-0.2, 0) is 5.75 Å². The number of carboxylic acid groups (broad SMARTS) is 1. The highest BCUT2D eigenvalue weighted by Gasteiger charge is 2.17. The highest BCUT2D eigenvalue weighted by atomic mass is 32.2. The predicted octanol–water partition coefficient (Wildman–Crippen LogP) is 3.79. The van der Waals surface area contributed by atoms with Gasteiger partial charge in [-0.15, -0.1) is 0 Å². The first-order valence-electron chi connectivity index (χ1n) is 7.79. The molecule has 0 saturated heterocycles. The number of rotatable bonds is 6. The largest absolute Gasteiger partial charge is 0.478 e. The quantitative estimate of drug-likeness (QED) is 0.626. The normalized spacial score (nSPS) is 10.2. The van der Waals surface area contributed by atoms with E-state index in [9.17, 15) is 14.7 Å². The molecular formula is C19H13N3O4S. The highest BCUT2D eigenvalue weighted by Crippen LogP contribution is 2.24. The standard InChI is InChI=1S/C19H13N3O4S/c20-10-13-6-7-15(14(8-13)19(24)25)21-18(23)16-9-17(26-22-16)27-11-12-4-2-1-3-5-12/h1-9H,11H2,(H,21,23)(H,24,25). The minimum absolute atomic E-state index is 0.0336. The van der Waals surface area contributed by atoms with Crippen LogP contribution < -0.4 is 5.32 Å². The van der Waals surface area contributed by atoms with Crippen molar-refractivity contribution in [2.24, 2.45) is 0 Å². The van der Waals surface area contributed by atoms with Gasteiger partial charge in [-0.25, -0.2) is 4.79 Å². The van der Waals surface area contributed by atoms with E-state index in [1.165, 1.54) is 36.0 Å². The highest BCUT2D eigenvalue weighted by molar-refractivity contribution is 7.98. The average Bonchev–Trinajstić information content (AvgIpc) is 3.16. The summed E-state index contributed by atoms with van der Waals surface area (Å²) in [5, 5.41) is 24.8. The Balaban J connectivity index is 1.70. The fourth-order valence-electron chi connectivity index (χ4n) is 2.25. The summed E-state index contributed by atoms with van der Waals surface area (Å²) in [6.45, 7) is 0. The van der Waals surface area contributed by atoms with Crippen LogP contribution in [-0.4, -0.2) is 22.1 Å². The molecule has 0 spiro atoms. The molecule has 0 aliphatic rings. The van der Waals surface area contributed by atoms with Crippen LogP contribution in [0, 0.1) is 11.3 Å². The first-order chi connectivity index (χ1) is 13.1. The van der Waals surface area contributed by atoms with Crippen molar-refractivity contribution in [3.63, 3.8) is 0 Å². The third-order valence-electron chi connectivity index (χ3n) is 3.57. The minimum Gasteiger partial charge on any atom is -0.478 e. The fraction of sp³-hybridized carbons (Fsp3) is 0.0526. The molecule has 0 fully saturated rings. The molecule has 0 aliphatic heterocycles. The Labute approximate surface area is 158 Å². The Bertz CT molecular complexity index is 1020. The number of carbonyl (C=O) groups is 2. The number of hydrogen-bond donors (Lipinski definition) is 2. The second kappa shape index (κ2) is 8.21. The fourth-order valence-corrected chi connectivity index (χ4v) is 3.03. The molecule has 3 aromatic rings. The summed E-state index contributed by atoms with van der Waals surface area (Å²) in [7, 11) is 0. The molecule has 0 aliphatic carbocycles. The molecule has 0 bridgehead atoms. The van der Waals surface area contributed by atoms with Gasteiger partial charge in [-0.1, -0.05) is 47.3 Å². The molecule has 0 atom stereocenters. The summed E-state index contributed by atoms with van der Waals surface area (Å²) >= 11 is 1.39. The Kier molecular flexibility index (Phi) is 5.54. The zero-order valence-electron chi connectivity index (χ0n) is 13.9. The molecule has 1 amide bonds. The number of thioether (sulfide) groups is 1.